The summed E-state index contributed by atoms with van der Waals surface area (Å²) in [7, 11) is 0. The van der Waals surface area contributed by atoms with E-state index in [0.717, 1.165) is 6.07 Å². The Morgan fingerprint density at radius 3 is 2.75 bits per heavy atom. The van der Waals surface area contributed by atoms with Crippen LogP contribution in [0.4, 0.5) is 10.1 Å². The Labute approximate surface area is 121 Å². The van der Waals surface area contributed by atoms with Gasteiger partial charge in [0.2, 0.25) is 0 Å². The third-order valence-corrected chi connectivity index (χ3v) is 3.20. The first kappa shape index (κ1) is 14.3. The second-order valence-corrected chi connectivity index (χ2v) is 4.63. The average molecular weight is 291 g/mol. The van der Waals surface area contributed by atoms with E-state index in [1.165, 1.54) is 12.1 Å². The Hall–Kier alpha value is -2.09. The normalized spacial score (nSPS) is 11.7. The van der Waals surface area contributed by atoms with Crippen LogP contribution in [0.2, 0.25) is 5.02 Å². The lowest BCUT2D eigenvalue weighted by Gasteiger charge is -2.15. The summed E-state index contributed by atoms with van der Waals surface area (Å²) in [6.45, 7) is 0.171. The zero-order chi connectivity index (χ0) is 14.5. The second-order valence-electron chi connectivity index (χ2n) is 4.22. The van der Waals surface area contributed by atoms with E-state index >= 15 is 0 Å². The van der Waals surface area contributed by atoms with Gasteiger partial charge < -0.3 is 10.4 Å². The van der Waals surface area contributed by atoms with Gasteiger partial charge in [-0.15, -0.1) is 0 Å². The Balaban J connectivity index is 2.10. The minimum absolute atomic E-state index is 0.171. The van der Waals surface area contributed by atoms with Crippen molar-refractivity contribution < 1.29 is 9.50 Å². The topological polar surface area (TPSA) is 56.0 Å². The molecule has 0 amide bonds. The molecule has 0 aliphatic heterocycles. The van der Waals surface area contributed by atoms with Gasteiger partial charge in [0, 0.05) is 17.1 Å². The van der Waals surface area contributed by atoms with Crippen molar-refractivity contribution >= 4 is 17.3 Å². The molecule has 0 fully saturated rings. The molecule has 20 heavy (non-hydrogen) atoms. The van der Waals surface area contributed by atoms with E-state index in [0.29, 0.717) is 16.3 Å². The van der Waals surface area contributed by atoms with Gasteiger partial charge in [0.1, 0.15) is 11.9 Å². The number of nitrogens with zero attached hydrogens (tertiary/aromatic N) is 1. The average Bonchev–Trinajstić information content (AvgIpc) is 2.46. The van der Waals surface area contributed by atoms with Gasteiger partial charge in [-0.1, -0.05) is 29.8 Å². The second kappa shape index (κ2) is 6.38. The number of halogens is 2. The number of aliphatic hydroxyl groups is 1. The molecule has 0 spiro atoms. The standard InChI is InChI=1S/C15H12ClFN2O/c16-13-4-2-1-3-12(13)15(20)9-19-14-6-5-11(17)7-10(14)8-18/h1-7,15,19-20H,9H2. The molecule has 0 aromatic heterocycles. The van der Waals surface area contributed by atoms with Gasteiger partial charge >= 0.3 is 0 Å². The van der Waals surface area contributed by atoms with Crippen LogP contribution in [0.15, 0.2) is 42.5 Å². The van der Waals surface area contributed by atoms with Gasteiger partial charge in [0.15, 0.2) is 0 Å². The number of hydrogen-bond acceptors (Lipinski definition) is 3. The van der Waals surface area contributed by atoms with Gasteiger partial charge in [-0.2, -0.15) is 5.26 Å². The molecule has 0 aliphatic carbocycles. The summed E-state index contributed by atoms with van der Waals surface area (Å²) < 4.78 is 13.0. The number of hydrogen-bond donors (Lipinski definition) is 2. The summed E-state index contributed by atoms with van der Waals surface area (Å²) in [6.07, 6.45) is -0.819. The summed E-state index contributed by atoms with van der Waals surface area (Å²) in [5.74, 6) is -0.473. The Morgan fingerprint density at radius 2 is 2.05 bits per heavy atom. The molecule has 1 unspecified atom stereocenters. The van der Waals surface area contributed by atoms with Crippen molar-refractivity contribution in [1.82, 2.24) is 0 Å². The van der Waals surface area contributed by atoms with E-state index < -0.39 is 11.9 Å². The van der Waals surface area contributed by atoms with Crippen LogP contribution in [-0.4, -0.2) is 11.7 Å². The molecular formula is C15H12ClFN2O. The first-order chi connectivity index (χ1) is 9.61. The molecule has 0 saturated carbocycles. The molecule has 102 valence electrons. The largest absolute Gasteiger partial charge is 0.387 e. The van der Waals surface area contributed by atoms with Crippen LogP contribution in [0.25, 0.3) is 0 Å². The summed E-state index contributed by atoms with van der Waals surface area (Å²) in [6, 6.07) is 12.7. The van der Waals surface area contributed by atoms with E-state index in [2.05, 4.69) is 5.32 Å². The van der Waals surface area contributed by atoms with Gasteiger partial charge in [-0.05, 0) is 24.3 Å². The lowest BCUT2D eigenvalue weighted by molar-refractivity contribution is 0.192. The molecule has 1 atom stereocenters. The van der Waals surface area contributed by atoms with Crippen molar-refractivity contribution in [2.75, 3.05) is 11.9 Å². The van der Waals surface area contributed by atoms with Gasteiger partial charge in [0.05, 0.1) is 17.4 Å². The minimum Gasteiger partial charge on any atom is -0.387 e. The Kier molecular flexibility index (Phi) is 4.57. The highest BCUT2D eigenvalue weighted by Crippen LogP contribution is 2.23. The fraction of sp³-hybridized carbons (Fsp3) is 0.133. The molecule has 0 saturated heterocycles. The van der Waals surface area contributed by atoms with Gasteiger partial charge in [-0.3, -0.25) is 0 Å². The van der Waals surface area contributed by atoms with Crippen LogP contribution in [0.3, 0.4) is 0 Å². The van der Waals surface area contributed by atoms with E-state index in [4.69, 9.17) is 16.9 Å². The molecule has 2 rings (SSSR count). The predicted molar refractivity (Wildman–Crippen MR) is 76.0 cm³/mol. The number of nitrogens with one attached hydrogen (secondary N) is 1. The predicted octanol–water partition coefficient (Wildman–Crippen LogP) is 3.50. The lowest BCUT2D eigenvalue weighted by atomic mass is 10.1. The van der Waals surface area contributed by atoms with Crippen LogP contribution in [0, 0.1) is 17.1 Å². The minimum atomic E-state index is -0.819. The zero-order valence-corrected chi connectivity index (χ0v) is 11.2. The number of nitriles is 1. The third kappa shape index (κ3) is 3.27. The third-order valence-electron chi connectivity index (χ3n) is 2.85. The molecule has 2 aromatic rings. The van der Waals surface area contributed by atoms with Crippen molar-refractivity contribution in [3.63, 3.8) is 0 Å². The van der Waals surface area contributed by atoms with Crippen LogP contribution in [-0.2, 0) is 0 Å². The number of rotatable bonds is 4. The molecule has 2 aromatic carbocycles. The first-order valence-corrected chi connectivity index (χ1v) is 6.35. The molecular weight excluding hydrogens is 279 g/mol. The van der Waals surface area contributed by atoms with Crippen LogP contribution in [0.1, 0.15) is 17.2 Å². The number of anilines is 1. The highest BCUT2D eigenvalue weighted by molar-refractivity contribution is 6.31. The van der Waals surface area contributed by atoms with E-state index in [9.17, 15) is 9.50 Å². The Bertz CT molecular complexity index is 655. The maximum atomic E-state index is 13.0. The molecule has 5 heteroatoms. The molecule has 3 nitrogen and oxygen atoms in total. The maximum absolute atomic E-state index is 13.0. The monoisotopic (exact) mass is 290 g/mol. The summed E-state index contributed by atoms with van der Waals surface area (Å²) in [4.78, 5) is 0. The Morgan fingerprint density at radius 1 is 1.30 bits per heavy atom. The lowest BCUT2D eigenvalue weighted by Crippen LogP contribution is -2.13. The van der Waals surface area contributed by atoms with Crippen LogP contribution >= 0.6 is 11.6 Å². The van der Waals surface area contributed by atoms with Gasteiger partial charge in [0.25, 0.3) is 0 Å². The zero-order valence-electron chi connectivity index (χ0n) is 10.5. The van der Waals surface area contributed by atoms with Crippen LogP contribution < -0.4 is 5.32 Å². The highest BCUT2D eigenvalue weighted by Gasteiger charge is 2.12. The fourth-order valence-electron chi connectivity index (χ4n) is 1.83. The first-order valence-electron chi connectivity index (χ1n) is 5.98. The SMILES string of the molecule is N#Cc1cc(F)ccc1NCC(O)c1ccccc1Cl. The summed E-state index contributed by atoms with van der Waals surface area (Å²) in [5.41, 5.74) is 1.26. The molecule has 0 heterocycles. The van der Waals surface area contributed by atoms with Gasteiger partial charge in [-0.25, -0.2) is 4.39 Å². The maximum Gasteiger partial charge on any atom is 0.124 e. The van der Waals surface area contributed by atoms with Crippen molar-refractivity contribution in [1.29, 1.82) is 5.26 Å². The van der Waals surface area contributed by atoms with Crippen LogP contribution in [0.5, 0.6) is 0 Å². The van der Waals surface area contributed by atoms with E-state index in [1.54, 1.807) is 24.3 Å². The van der Waals surface area contributed by atoms with Crippen molar-refractivity contribution in [2.24, 2.45) is 0 Å². The molecule has 0 radical (unpaired) electrons. The van der Waals surface area contributed by atoms with Crippen molar-refractivity contribution in [3.8, 4) is 6.07 Å². The van der Waals surface area contributed by atoms with E-state index in [-0.39, 0.29) is 12.1 Å². The fourth-order valence-corrected chi connectivity index (χ4v) is 2.09. The van der Waals surface area contributed by atoms with E-state index in [1.807, 2.05) is 6.07 Å². The van der Waals surface area contributed by atoms with Crippen molar-refractivity contribution in [2.45, 2.75) is 6.10 Å². The number of benzene rings is 2. The van der Waals surface area contributed by atoms with Crippen molar-refractivity contribution in [3.05, 3.63) is 64.4 Å². The molecule has 2 N–H and O–H groups in total. The molecule has 0 aliphatic rings. The smallest absolute Gasteiger partial charge is 0.124 e. The summed E-state index contributed by atoms with van der Waals surface area (Å²) in [5, 5.41) is 22.4. The summed E-state index contributed by atoms with van der Waals surface area (Å²) >= 11 is 5.99. The molecule has 0 bridgehead atoms. The number of aliphatic hydroxyl groups excluding tert-OH is 1. The highest BCUT2D eigenvalue weighted by atomic mass is 35.5. The quantitative estimate of drug-likeness (QED) is 0.906.